The minimum absolute atomic E-state index is 0.261. The summed E-state index contributed by atoms with van der Waals surface area (Å²) in [6.07, 6.45) is 1.75. The Morgan fingerprint density at radius 2 is 1.96 bits per heavy atom. The van der Waals surface area contributed by atoms with Gasteiger partial charge in [-0.15, -0.1) is 11.3 Å². The van der Waals surface area contributed by atoms with Crippen molar-refractivity contribution in [1.82, 2.24) is 0 Å². The number of aliphatic imine (C=N–C) groups is 1. The van der Waals surface area contributed by atoms with Crippen LogP contribution in [0.25, 0.3) is 6.08 Å². The summed E-state index contributed by atoms with van der Waals surface area (Å²) in [4.78, 5) is 17.3. The first-order valence-electron chi connectivity index (χ1n) is 6.91. The zero-order valence-corrected chi connectivity index (χ0v) is 13.8. The van der Waals surface area contributed by atoms with Gasteiger partial charge in [-0.2, -0.15) is 0 Å². The van der Waals surface area contributed by atoms with E-state index in [4.69, 9.17) is 14.2 Å². The SMILES string of the molecule is COc1ccc(C2=NC(=Cc3sccc3C)C(=O)O2)cc1OC. The molecule has 0 fully saturated rings. The zero-order valence-electron chi connectivity index (χ0n) is 13.0. The molecule has 0 spiro atoms. The molecule has 2 aromatic rings. The summed E-state index contributed by atoms with van der Waals surface area (Å²) in [5.41, 5.74) is 2.05. The Labute approximate surface area is 137 Å². The third-order valence-corrected chi connectivity index (χ3v) is 4.39. The van der Waals surface area contributed by atoms with Crippen LogP contribution in [0.2, 0.25) is 0 Å². The first kappa shape index (κ1) is 15.3. The highest BCUT2D eigenvalue weighted by molar-refractivity contribution is 7.11. The predicted octanol–water partition coefficient (Wildman–Crippen LogP) is 3.42. The van der Waals surface area contributed by atoms with E-state index in [1.807, 2.05) is 18.4 Å². The maximum Gasteiger partial charge on any atom is 0.363 e. The first-order valence-corrected chi connectivity index (χ1v) is 7.79. The molecular weight excluding hydrogens is 314 g/mol. The van der Waals surface area contributed by atoms with E-state index in [0.717, 1.165) is 10.4 Å². The predicted molar refractivity (Wildman–Crippen MR) is 89.2 cm³/mol. The van der Waals surface area contributed by atoms with Gasteiger partial charge in [0.25, 0.3) is 0 Å². The molecule has 1 aliphatic heterocycles. The van der Waals surface area contributed by atoms with Gasteiger partial charge in [0.05, 0.1) is 14.2 Å². The van der Waals surface area contributed by atoms with Crippen LogP contribution >= 0.6 is 11.3 Å². The lowest BCUT2D eigenvalue weighted by molar-refractivity contribution is -0.129. The van der Waals surface area contributed by atoms with E-state index in [1.165, 1.54) is 0 Å². The fourth-order valence-corrected chi connectivity index (χ4v) is 3.01. The molecule has 23 heavy (non-hydrogen) atoms. The molecule has 1 aromatic carbocycles. The zero-order chi connectivity index (χ0) is 16.4. The highest BCUT2D eigenvalue weighted by Crippen LogP contribution is 2.30. The van der Waals surface area contributed by atoms with Gasteiger partial charge in [-0.3, -0.25) is 0 Å². The monoisotopic (exact) mass is 329 g/mol. The van der Waals surface area contributed by atoms with Crippen LogP contribution in [0.5, 0.6) is 11.5 Å². The number of thiophene rings is 1. The highest BCUT2D eigenvalue weighted by Gasteiger charge is 2.25. The van der Waals surface area contributed by atoms with Gasteiger partial charge in [0.1, 0.15) is 0 Å². The Morgan fingerprint density at radius 1 is 1.17 bits per heavy atom. The Kier molecular flexibility index (Phi) is 4.16. The maximum absolute atomic E-state index is 12.0. The molecule has 0 saturated carbocycles. The van der Waals surface area contributed by atoms with Crippen molar-refractivity contribution in [1.29, 1.82) is 0 Å². The number of esters is 1. The second kappa shape index (κ2) is 6.26. The van der Waals surface area contributed by atoms with Crippen molar-refractivity contribution in [2.45, 2.75) is 6.92 Å². The van der Waals surface area contributed by atoms with E-state index in [0.29, 0.717) is 22.8 Å². The molecule has 0 amide bonds. The van der Waals surface area contributed by atoms with E-state index in [1.54, 1.807) is 49.8 Å². The second-order valence-electron chi connectivity index (χ2n) is 4.87. The molecular formula is C17H15NO4S. The van der Waals surface area contributed by atoms with Gasteiger partial charge in [-0.25, -0.2) is 9.79 Å². The smallest absolute Gasteiger partial charge is 0.363 e. The van der Waals surface area contributed by atoms with Crippen LogP contribution in [0.3, 0.4) is 0 Å². The van der Waals surface area contributed by atoms with E-state index in [9.17, 15) is 4.79 Å². The second-order valence-corrected chi connectivity index (χ2v) is 5.82. The van der Waals surface area contributed by atoms with Crippen LogP contribution in [0.15, 0.2) is 40.3 Å². The first-order chi connectivity index (χ1) is 11.1. The van der Waals surface area contributed by atoms with Crippen molar-refractivity contribution < 1.29 is 19.0 Å². The molecule has 5 nitrogen and oxygen atoms in total. The number of hydrogen-bond donors (Lipinski definition) is 0. The van der Waals surface area contributed by atoms with Crippen molar-refractivity contribution in [3.8, 4) is 11.5 Å². The van der Waals surface area contributed by atoms with E-state index >= 15 is 0 Å². The number of benzene rings is 1. The fourth-order valence-electron chi connectivity index (χ4n) is 2.16. The number of ether oxygens (including phenoxy) is 3. The molecule has 1 aromatic heterocycles. The molecule has 0 aliphatic carbocycles. The highest BCUT2D eigenvalue weighted by atomic mass is 32.1. The van der Waals surface area contributed by atoms with Crippen LogP contribution < -0.4 is 9.47 Å². The lowest BCUT2D eigenvalue weighted by atomic mass is 10.2. The Bertz CT molecular complexity index is 820. The van der Waals surface area contributed by atoms with Gasteiger partial charge in [0.2, 0.25) is 5.90 Å². The number of hydrogen-bond acceptors (Lipinski definition) is 6. The summed E-state index contributed by atoms with van der Waals surface area (Å²) in [7, 11) is 3.11. The molecule has 1 aliphatic rings. The number of rotatable bonds is 4. The largest absolute Gasteiger partial charge is 0.493 e. The quantitative estimate of drug-likeness (QED) is 0.637. The molecule has 0 N–H and O–H groups in total. The standard InChI is InChI=1S/C17H15NO4S/c1-10-6-7-23-15(10)9-12-17(19)22-16(18-12)11-4-5-13(20-2)14(8-11)21-3/h4-9H,1-3H3. The van der Waals surface area contributed by atoms with Gasteiger partial charge in [-0.1, -0.05) is 0 Å². The summed E-state index contributed by atoms with van der Waals surface area (Å²) in [6.45, 7) is 1.99. The normalized spacial score (nSPS) is 15.5. The van der Waals surface area contributed by atoms with E-state index < -0.39 is 5.97 Å². The summed E-state index contributed by atoms with van der Waals surface area (Å²) in [5, 5.41) is 1.97. The van der Waals surface area contributed by atoms with Gasteiger partial charge in [0, 0.05) is 10.4 Å². The van der Waals surface area contributed by atoms with Crippen LogP contribution in [-0.2, 0) is 9.53 Å². The topological polar surface area (TPSA) is 57.1 Å². The van der Waals surface area contributed by atoms with Crippen LogP contribution in [0, 0.1) is 6.92 Å². The Balaban J connectivity index is 1.95. The van der Waals surface area contributed by atoms with Crippen LogP contribution in [0.1, 0.15) is 16.0 Å². The van der Waals surface area contributed by atoms with Gasteiger partial charge < -0.3 is 14.2 Å². The molecule has 0 saturated heterocycles. The van der Waals surface area contributed by atoms with Crippen molar-refractivity contribution in [3.05, 3.63) is 51.3 Å². The lowest BCUT2D eigenvalue weighted by Gasteiger charge is -2.08. The van der Waals surface area contributed by atoms with Crippen LogP contribution in [0.4, 0.5) is 0 Å². The van der Waals surface area contributed by atoms with Crippen LogP contribution in [-0.4, -0.2) is 26.1 Å². The molecule has 3 rings (SSSR count). The minimum Gasteiger partial charge on any atom is -0.493 e. The Hall–Kier alpha value is -2.60. The number of cyclic esters (lactones) is 1. The summed E-state index contributed by atoms with van der Waals surface area (Å²) < 4.78 is 15.7. The molecule has 0 radical (unpaired) electrons. The summed E-state index contributed by atoms with van der Waals surface area (Å²) >= 11 is 1.56. The number of nitrogens with zero attached hydrogens (tertiary/aromatic N) is 1. The molecule has 0 unspecified atom stereocenters. The molecule has 6 heteroatoms. The fraction of sp³-hybridized carbons (Fsp3) is 0.176. The number of carbonyl (C=O) groups is 1. The summed E-state index contributed by atoms with van der Waals surface area (Å²) in [5.74, 6) is 0.959. The van der Waals surface area contributed by atoms with Crippen molar-refractivity contribution in [2.75, 3.05) is 14.2 Å². The van der Waals surface area contributed by atoms with E-state index in [2.05, 4.69) is 4.99 Å². The molecule has 0 bridgehead atoms. The van der Waals surface area contributed by atoms with Crippen molar-refractivity contribution >= 4 is 29.3 Å². The number of aryl methyl sites for hydroxylation is 1. The molecule has 2 heterocycles. The van der Waals surface area contributed by atoms with Crippen molar-refractivity contribution in [3.63, 3.8) is 0 Å². The Morgan fingerprint density at radius 3 is 2.61 bits per heavy atom. The third-order valence-electron chi connectivity index (χ3n) is 3.42. The average Bonchev–Trinajstić information content (AvgIpc) is 3.13. The lowest BCUT2D eigenvalue weighted by Crippen LogP contribution is -2.05. The average molecular weight is 329 g/mol. The minimum atomic E-state index is -0.456. The molecule has 0 atom stereocenters. The third kappa shape index (κ3) is 2.98. The van der Waals surface area contributed by atoms with Crippen molar-refractivity contribution in [2.24, 2.45) is 4.99 Å². The van der Waals surface area contributed by atoms with Gasteiger partial charge in [-0.05, 0) is 48.2 Å². The van der Waals surface area contributed by atoms with E-state index in [-0.39, 0.29) is 5.90 Å². The molecule has 118 valence electrons. The van der Waals surface area contributed by atoms with Gasteiger partial charge >= 0.3 is 5.97 Å². The van der Waals surface area contributed by atoms with Gasteiger partial charge in [0.15, 0.2) is 17.2 Å². The number of methoxy groups -OCH3 is 2. The maximum atomic E-state index is 12.0. The number of carbonyl (C=O) groups excluding carboxylic acids is 1. The summed E-state index contributed by atoms with van der Waals surface area (Å²) in [6, 6.07) is 7.24.